The number of nitrogens with one attached hydrogen (secondary N) is 3. The topological polar surface area (TPSA) is 177 Å². The zero-order valence-electron chi connectivity index (χ0n) is 19.4. The van der Waals surface area contributed by atoms with E-state index in [-0.39, 0.29) is 11.8 Å². The lowest BCUT2D eigenvalue weighted by atomic mass is 10.0. The third-order valence-electron chi connectivity index (χ3n) is 4.71. The summed E-state index contributed by atoms with van der Waals surface area (Å²) >= 11 is 0. The van der Waals surface area contributed by atoms with Crippen molar-refractivity contribution in [1.82, 2.24) is 16.0 Å². The quantitative estimate of drug-likeness (QED) is 0.194. The number of unbranched alkanes of at least 4 members (excludes halogenated alkanes) is 1. The summed E-state index contributed by atoms with van der Waals surface area (Å²) in [5.74, 6) is -2.40. The molecule has 3 amide bonds. The predicted molar refractivity (Wildman–Crippen MR) is 119 cm³/mol. The van der Waals surface area contributed by atoms with Gasteiger partial charge in [0, 0.05) is 0 Å². The minimum Gasteiger partial charge on any atom is -0.480 e. The van der Waals surface area contributed by atoms with Crippen LogP contribution < -0.4 is 27.4 Å². The van der Waals surface area contributed by atoms with Crippen LogP contribution in [-0.4, -0.2) is 59.5 Å². The Hall–Kier alpha value is -2.20. The van der Waals surface area contributed by atoms with E-state index in [0.29, 0.717) is 38.6 Å². The maximum atomic E-state index is 12.9. The van der Waals surface area contributed by atoms with Gasteiger partial charge in [0.15, 0.2) is 0 Å². The van der Waals surface area contributed by atoms with Crippen LogP contribution in [0.4, 0.5) is 0 Å². The first-order valence-corrected chi connectivity index (χ1v) is 11.0. The molecule has 4 atom stereocenters. The van der Waals surface area contributed by atoms with Crippen LogP contribution in [0.15, 0.2) is 0 Å². The van der Waals surface area contributed by atoms with Gasteiger partial charge in [0.2, 0.25) is 17.7 Å². The second-order valence-electron chi connectivity index (χ2n) is 8.84. The number of nitrogens with two attached hydrogens (primary N) is 2. The SMILES string of the molecule is CC(C)CC(N)C(=O)NC(CCCCN)C(=O)NC(CC(C)C)C(=O)NC(C)C(=O)O. The Labute approximate surface area is 185 Å². The molecule has 0 aromatic rings. The summed E-state index contributed by atoms with van der Waals surface area (Å²) in [5, 5.41) is 16.8. The van der Waals surface area contributed by atoms with Crippen molar-refractivity contribution in [3.05, 3.63) is 0 Å². The van der Waals surface area contributed by atoms with E-state index in [4.69, 9.17) is 16.6 Å². The lowest BCUT2D eigenvalue weighted by molar-refractivity contribution is -0.142. The van der Waals surface area contributed by atoms with Gasteiger partial charge >= 0.3 is 5.97 Å². The highest BCUT2D eigenvalue weighted by molar-refractivity contribution is 5.94. The second-order valence-corrected chi connectivity index (χ2v) is 8.84. The Kier molecular flexibility index (Phi) is 13.7. The molecule has 0 aliphatic heterocycles. The van der Waals surface area contributed by atoms with Gasteiger partial charge in [0.05, 0.1) is 6.04 Å². The van der Waals surface area contributed by atoms with E-state index in [1.54, 1.807) is 0 Å². The highest BCUT2D eigenvalue weighted by atomic mass is 16.4. The van der Waals surface area contributed by atoms with Crippen LogP contribution in [-0.2, 0) is 19.2 Å². The number of carboxylic acids is 1. The number of hydrogen-bond donors (Lipinski definition) is 6. The van der Waals surface area contributed by atoms with Gasteiger partial charge in [-0.25, -0.2) is 0 Å². The average Bonchev–Trinajstić information content (AvgIpc) is 2.65. The Morgan fingerprint density at radius 2 is 1.29 bits per heavy atom. The van der Waals surface area contributed by atoms with Crippen LogP contribution in [0.25, 0.3) is 0 Å². The van der Waals surface area contributed by atoms with Gasteiger partial charge in [-0.1, -0.05) is 27.7 Å². The van der Waals surface area contributed by atoms with Crippen molar-refractivity contribution < 1.29 is 24.3 Å². The van der Waals surface area contributed by atoms with Crippen LogP contribution in [0.1, 0.15) is 66.7 Å². The van der Waals surface area contributed by atoms with Crippen molar-refractivity contribution in [2.75, 3.05) is 6.54 Å². The minimum absolute atomic E-state index is 0.0703. The molecule has 0 aliphatic carbocycles. The van der Waals surface area contributed by atoms with Gasteiger partial charge in [-0.15, -0.1) is 0 Å². The Bertz CT molecular complexity index is 597. The summed E-state index contributed by atoms with van der Waals surface area (Å²) < 4.78 is 0. The average molecular weight is 444 g/mol. The fraction of sp³-hybridized carbons (Fsp3) is 0.810. The summed E-state index contributed by atoms with van der Waals surface area (Å²) in [6.07, 6.45) is 2.45. The first-order valence-electron chi connectivity index (χ1n) is 11.0. The van der Waals surface area contributed by atoms with Gasteiger partial charge in [-0.05, 0) is 57.4 Å². The number of carbonyl (C=O) groups is 4. The molecule has 0 aliphatic rings. The molecular weight excluding hydrogens is 402 g/mol. The molecule has 8 N–H and O–H groups in total. The normalized spacial score (nSPS) is 15.1. The number of carbonyl (C=O) groups excluding carboxylic acids is 3. The number of hydrogen-bond acceptors (Lipinski definition) is 6. The molecule has 0 radical (unpaired) electrons. The zero-order valence-corrected chi connectivity index (χ0v) is 19.4. The molecule has 0 aromatic carbocycles. The molecule has 0 spiro atoms. The molecule has 0 saturated carbocycles. The highest BCUT2D eigenvalue weighted by Crippen LogP contribution is 2.09. The van der Waals surface area contributed by atoms with Crippen molar-refractivity contribution in [1.29, 1.82) is 0 Å². The maximum absolute atomic E-state index is 12.9. The molecule has 4 unspecified atom stereocenters. The highest BCUT2D eigenvalue weighted by Gasteiger charge is 2.29. The van der Waals surface area contributed by atoms with Crippen LogP contribution in [0, 0.1) is 11.8 Å². The summed E-state index contributed by atoms with van der Waals surface area (Å²) in [6, 6.07) is -3.62. The van der Waals surface area contributed by atoms with Crippen LogP contribution in [0.3, 0.4) is 0 Å². The number of amides is 3. The van der Waals surface area contributed by atoms with E-state index < -0.39 is 47.9 Å². The standard InChI is InChI=1S/C21H41N5O5/c1-12(2)10-15(23)18(27)25-16(8-6-7-9-22)19(28)26-17(11-13(3)4)20(29)24-14(5)21(30)31/h12-17H,6-11,22-23H2,1-5H3,(H,24,29)(H,25,27)(H,26,28)(H,30,31). The van der Waals surface area contributed by atoms with Crippen molar-refractivity contribution in [2.45, 2.75) is 90.9 Å². The summed E-state index contributed by atoms with van der Waals surface area (Å²) in [5.41, 5.74) is 11.5. The van der Waals surface area contributed by atoms with Crippen molar-refractivity contribution in [3.8, 4) is 0 Å². The molecule has 0 bridgehead atoms. The van der Waals surface area contributed by atoms with Crippen molar-refractivity contribution >= 4 is 23.7 Å². The third-order valence-corrected chi connectivity index (χ3v) is 4.71. The Morgan fingerprint density at radius 3 is 1.77 bits per heavy atom. The second kappa shape index (κ2) is 14.7. The fourth-order valence-electron chi connectivity index (χ4n) is 3.01. The summed E-state index contributed by atoms with van der Waals surface area (Å²) in [4.78, 5) is 49.0. The molecule has 0 heterocycles. The molecule has 10 nitrogen and oxygen atoms in total. The molecule has 0 rings (SSSR count). The molecule has 0 aromatic heterocycles. The Balaban J connectivity index is 5.33. The zero-order chi connectivity index (χ0) is 24.1. The predicted octanol–water partition coefficient (Wildman–Crippen LogP) is 0.0938. The van der Waals surface area contributed by atoms with E-state index in [0.717, 1.165) is 0 Å². The lowest BCUT2D eigenvalue weighted by Gasteiger charge is -2.26. The van der Waals surface area contributed by atoms with E-state index in [2.05, 4.69) is 16.0 Å². The number of rotatable bonds is 15. The van der Waals surface area contributed by atoms with Gasteiger partial charge in [0.25, 0.3) is 0 Å². The van der Waals surface area contributed by atoms with Crippen LogP contribution in [0.5, 0.6) is 0 Å². The summed E-state index contributed by atoms with van der Waals surface area (Å²) in [7, 11) is 0. The van der Waals surface area contributed by atoms with Crippen molar-refractivity contribution in [2.24, 2.45) is 23.3 Å². The number of aliphatic carboxylic acids is 1. The Morgan fingerprint density at radius 1 is 0.774 bits per heavy atom. The van der Waals surface area contributed by atoms with Crippen LogP contribution in [0.2, 0.25) is 0 Å². The molecule has 0 fully saturated rings. The largest absolute Gasteiger partial charge is 0.480 e. The van der Waals surface area contributed by atoms with Crippen molar-refractivity contribution in [3.63, 3.8) is 0 Å². The number of carboxylic acid groups (broad SMARTS) is 1. The molecular formula is C21H41N5O5. The molecule has 0 saturated heterocycles. The van der Waals surface area contributed by atoms with Gasteiger partial charge in [-0.2, -0.15) is 0 Å². The van der Waals surface area contributed by atoms with Gasteiger partial charge in [-0.3, -0.25) is 19.2 Å². The lowest BCUT2D eigenvalue weighted by Crippen LogP contribution is -2.57. The first-order chi connectivity index (χ1) is 14.4. The van der Waals surface area contributed by atoms with E-state index in [9.17, 15) is 19.2 Å². The minimum atomic E-state index is -1.17. The van der Waals surface area contributed by atoms with Gasteiger partial charge in [0.1, 0.15) is 18.1 Å². The van der Waals surface area contributed by atoms with E-state index >= 15 is 0 Å². The van der Waals surface area contributed by atoms with Crippen LogP contribution >= 0.6 is 0 Å². The molecule has 180 valence electrons. The van der Waals surface area contributed by atoms with E-state index in [1.165, 1.54) is 6.92 Å². The molecule has 31 heavy (non-hydrogen) atoms. The van der Waals surface area contributed by atoms with E-state index in [1.807, 2.05) is 27.7 Å². The third kappa shape index (κ3) is 12.3. The fourth-order valence-corrected chi connectivity index (χ4v) is 3.01. The molecule has 10 heteroatoms. The monoisotopic (exact) mass is 443 g/mol. The summed E-state index contributed by atoms with van der Waals surface area (Å²) in [6.45, 7) is 9.48. The smallest absolute Gasteiger partial charge is 0.325 e. The first kappa shape index (κ1) is 28.8. The van der Waals surface area contributed by atoms with Gasteiger partial charge < -0.3 is 32.5 Å². The maximum Gasteiger partial charge on any atom is 0.325 e.